The van der Waals surface area contributed by atoms with Gasteiger partial charge in [-0.2, -0.15) is 0 Å². The van der Waals surface area contributed by atoms with Crippen LogP contribution in [0.25, 0.3) is 15.7 Å². The summed E-state index contributed by atoms with van der Waals surface area (Å²) in [7, 11) is 1.88. The van der Waals surface area contributed by atoms with Crippen molar-refractivity contribution in [1.29, 1.82) is 0 Å². The van der Waals surface area contributed by atoms with Crippen LogP contribution in [0.3, 0.4) is 0 Å². The van der Waals surface area contributed by atoms with E-state index >= 15 is 0 Å². The Hall–Kier alpha value is -6.50. The van der Waals surface area contributed by atoms with Gasteiger partial charge >= 0.3 is 0 Å². The van der Waals surface area contributed by atoms with Gasteiger partial charge in [0.15, 0.2) is 0 Å². The summed E-state index contributed by atoms with van der Waals surface area (Å²) in [4.78, 5) is 3.78. The Labute approximate surface area is 416 Å². The van der Waals surface area contributed by atoms with Gasteiger partial charge in [-0.15, -0.1) is 36.5 Å². The van der Waals surface area contributed by atoms with Crippen molar-refractivity contribution >= 4 is 27.0 Å². The summed E-state index contributed by atoms with van der Waals surface area (Å²) in [6.07, 6.45) is 43.2. The molecule has 0 fully saturated rings. The summed E-state index contributed by atoms with van der Waals surface area (Å²) >= 11 is 1.87. The number of nitrogens with zero attached hydrogens (tertiary/aromatic N) is 1. The lowest BCUT2D eigenvalue weighted by molar-refractivity contribution is 0.418. The molecule has 0 saturated heterocycles. The molecule has 0 bridgehead atoms. The highest BCUT2D eigenvalue weighted by Gasteiger charge is 2.47. The van der Waals surface area contributed by atoms with Crippen molar-refractivity contribution in [2.75, 3.05) is 20.1 Å². The van der Waals surface area contributed by atoms with Crippen LogP contribution in [-0.2, 0) is 5.41 Å². The smallest absolute Gasteiger partial charge is 0.0665 e. The summed E-state index contributed by atoms with van der Waals surface area (Å²) in [6.45, 7) is 34.4. The number of aryl methyl sites for hydroxylation is 1. The predicted molar refractivity (Wildman–Crippen MR) is 304 cm³/mol. The maximum absolute atomic E-state index is 6.59. The van der Waals surface area contributed by atoms with Crippen LogP contribution in [0.1, 0.15) is 105 Å². The molecule has 1 unspecified atom stereocenters. The van der Waals surface area contributed by atoms with E-state index in [0.717, 1.165) is 54.6 Å². The highest BCUT2D eigenvalue weighted by atomic mass is 32.1. The van der Waals surface area contributed by atoms with Crippen LogP contribution in [0.4, 0.5) is 0 Å². The molecule has 4 heteroatoms. The molecule has 3 nitrogen and oxygen atoms in total. The first-order chi connectivity index (χ1) is 32.9. The first-order valence-corrected chi connectivity index (χ1v) is 25.0. The van der Waals surface area contributed by atoms with Gasteiger partial charge in [-0.1, -0.05) is 167 Å². The van der Waals surface area contributed by atoms with E-state index in [2.05, 4.69) is 206 Å². The lowest BCUT2D eigenvalue weighted by atomic mass is 9.66. The molecule has 68 heavy (non-hydrogen) atoms. The quantitative estimate of drug-likeness (QED) is 0.0525. The molecule has 0 saturated carbocycles. The van der Waals surface area contributed by atoms with Crippen molar-refractivity contribution in [3.05, 3.63) is 237 Å². The molecule has 2 aromatic carbocycles. The summed E-state index contributed by atoms with van der Waals surface area (Å²) in [5, 5.41) is 4.16. The number of thiophene rings is 1. The zero-order valence-electron chi connectivity index (χ0n) is 43.4. The Balaban J connectivity index is 0.00000126. The molecule has 0 spiro atoms. The van der Waals surface area contributed by atoms with E-state index in [-0.39, 0.29) is 5.41 Å². The lowest BCUT2D eigenvalue weighted by Gasteiger charge is -2.35. The third kappa shape index (κ3) is 12.1. The molecular weight excluding hydrogens is 843 g/mol. The van der Waals surface area contributed by atoms with Crippen LogP contribution in [0.5, 0.6) is 0 Å². The Morgan fingerprint density at radius 2 is 1.66 bits per heavy atom. The molecule has 3 aromatic rings. The van der Waals surface area contributed by atoms with E-state index in [9.17, 15) is 0 Å². The maximum atomic E-state index is 6.59. The Morgan fingerprint density at radius 3 is 2.26 bits per heavy atom. The van der Waals surface area contributed by atoms with Crippen LogP contribution in [0.2, 0.25) is 0 Å². The Bertz CT molecular complexity index is 2670. The summed E-state index contributed by atoms with van der Waals surface area (Å²) in [5.74, 6) is 0. The number of hydrogen-bond acceptors (Lipinski definition) is 4. The SMILES string of the molecule is C#C.C/C=C\NC.C=CCC/C=C(\C)C1(c2ccccc2)C(=C)/C(=C\C=C(/C)N(C/C=C\C(=C/C)CC)C/C=C2\C(=C/N)C(c3sc4ccccc4c3C)=C(C)C2(C)C)C2=C1C=CC=C=C2.CC. The summed E-state index contributed by atoms with van der Waals surface area (Å²) in [6, 6.07) is 19.6. The van der Waals surface area contributed by atoms with Gasteiger partial charge < -0.3 is 16.0 Å². The number of hydrogen-bond donors (Lipinski definition) is 2. The number of benzene rings is 2. The van der Waals surface area contributed by atoms with Crippen LogP contribution in [0.15, 0.2) is 221 Å². The van der Waals surface area contributed by atoms with E-state index in [1.54, 1.807) is 0 Å². The minimum atomic E-state index is -0.498. The molecule has 3 aliphatic rings. The number of rotatable bonds is 15. The van der Waals surface area contributed by atoms with Crippen molar-refractivity contribution in [3.63, 3.8) is 0 Å². The topological polar surface area (TPSA) is 41.3 Å². The van der Waals surface area contributed by atoms with Crippen LogP contribution in [0, 0.1) is 25.2 Å². The molecule has 0 amide bonds. The molecule has 1 aromatic heterocycles. The van der Waals surface area contributed by atoms with Crippen LogP contribution >= 0.6 is 11.3 Å². The number of unbranched alkanes of at least 4 members (excludes halogenated alkanes) is 1. The third-order valence-corrected chi connectivity index (χ3v) is 14.4. The first kappa shape index (κ1) is 55.8. The largest absolute Gasteiger partial charge is 0.404 e. The van der Waals surface area contributed by atoms with E-state index < -0.39 is 5.41 Å². The average molecular weight is 922 g/mol. The van der Waals surface area contributed by atoms with Crippen molar-refractivity contribution in [2.45, 2.75) is 101 Å². The fraction of sp³-hybridized carbons (Fsp3) is 0.297. The van der Waals surface area contributed by atoms with Crippen molar-refractivity contribution in [3.8, 4) is 12.8 Å². The van der Waals surface area contributed by atoms with Gasteiger partial charge in [0.05, 0.1) is 5.41 Å². The Morgan fingerprint density at radius 1 is 0.971 bits per heavy atom. The molecular formula is C64H79N3S. The number of nitrogens with one attached hydrogen (secondary N) is 1. The normalized spacial score (nSPS) is 19.6. The first-order valence-electron chi connectivity index (χ1n) is 24.2. The fourth-order valence-corrected chi connectivity index (χ4v) is 10.6. The van der Waals surface area contributed by atoms with Gasteiger partial charge in [0.1, 0.15) is 0 Å². The number of allylic oxidation sites excluding steroid dienone is 21. The molecule has 0 radical (unpaired) electrons. The minimum Gasteiger partial charge on any atom is -0.404 e. The highest BCUT2D eigenvalue weighted by Crippen LogP contribution is 2.57. The second-order valence-corrected chi connectivity index (χ2v) is 18.1. The van der Waals surface area contributed by atoms with Gasteiger partial charge in [-0.25, -0.2) is 0 Å². The zero-order chi connectivity index (χ0) is 50.4. The molecule has 3 N–H and O–H groups in total. The summed E-state index contributed by atoms with van der Waals surface area (Å²) in [5.41, 5.74) is 25.3. The van der Waals surface area contributed by atoms with E-state index in [0.29, 0.717) is 0 Å². The number of terminal acetylenes is 1. The fourth-order valence-electron chi connectivity index (χ4n) is 9.25. The number of nitrogens with two attached hydrogens (primary N) is 1. The monoisotopic (exact) mass is 922 g/mol. The van der Waals surface area contributed by atoms with Crippen molar-refractivity contribution in [1.82, 2.24) is 10.2 Å². The third-order valence-electron chi connectivity index (χ3n) is 13.1. The van der Waals surface area contributed by atoms with Crippen molar-refractivity contribution in [2.24, 2.45) is 11.1 Å². The van der Waals surface area contributed by atoms with Gasteiger partial charge in [-0.3, -0.25) is 0 Å². The predicted octanol–water partition coefficient (Wildman–Crippen LogP) is 16.8. The molecule has 1 atom stereocenters. The molecule has 356 valence electrons. The van der Waals surface area contributed by atoms with Gasteiger partial charge in [-0.05, 0) is 136 Å². The average Bonchev–Trinajstić information content (AvgIpc) is 3.77. The zero-order valence-corrected chi connectivity index (χ0v) is 44.2. The standard InChI is InChI=1S/C56H62N2S.C4H9N.C2H6.C2H2/c1-11-14-17-25-39(4)56(45-27-18-15-19-28-45)42(7)47(48-30-20-16-21-31-51(48)56)34-33-40(5)58(36-24-26-44(12-2)13-3)37-35-50-49(38-57)53(43(8)55(50,9)10)54-41(6)46-29-22-23-32-52(46)59-54;1-3-4-5-2;2*1-2/h11-12,15-16,18-19,21-35,38H,1,7,13-14,17,36-37,57H2,2-6,8-10H3;3-5H,1-2H3;1-2H3;1-2H/b26-24-,39-25+,40-33+,44-12-,47-34+,49-38+,50-35+;4-3-;;. The minimum absolute atomic E-state index is 0.181. The molecule has 3 aliphatic carbocycles. The van der Waals surface area contributed by atoms with Gasteiger partial charge in [0.2, 0.25) is 0 Å². The number of fused-ring (bicyclic) bond motifs is 1. The summed E-state index contributed by atoms with van der Waals surface area (Å²) < 4.78 is 1.31. The van der Waals surface area contributed by atoms with E-state index in [4.69, 9.17) is 12.3 Å². The highest BCUT2D eigenvalue weighted by molar-refractivity contribution is 7.20. The molecule has 1 heterocycles. The maximum Gasteiger partial charge on any atom is 0.0665 e. The molecule has 6 rings (SSSR count). The van der Waals surface area contributed by atoms with Crippen molar-refractivity contribution < 1.29 is 0 Å². The van der Waals surface area contributed by atoms with Gasteiger partial charge in [0, 0.05) is 58.2 Å². The van der Waals surface area contributed by atoms with Crippen LogP contribution < -0.4 is 11.1 Å². The second kappa shape index (κ2) is 27.3. The van der Waals surface area contributed by atoms with E-state index in [1.807, 2.05) is 69.8 Å². The van der Waals surface area contributed by atoms with Gasteiger partial charge in [0.25, 0.3) is 0 Å². The lowest BCUT2D eigenvalue weighted by Crippen LogP contribution is -2.29. The second-order valence-electron chi connectivity index (χ2n) is 17.1. The molecule has 0 aliphatic heterocycles. The van der Waals surface area contributed by atoms with E-state index in [1.165, 1.54) is 65.2 Å². The Kier molecular flexibility index (Phi) is 22.5. The van der Waals surface area contributed by atoms with Crippen LogP contribution in [-0.4, -0.2) is 25.0 Å².